The molecule has 0 bridgehead atoms. The maximum absolute atomic E-state index is 13.8. The van der Waals surface area contributed by atoms with Gasteiger partial charge in [0, 0.05) is 29.5 Å². The van der Waals surface area contributed by atoms with Crippen LogP contribution in [0.2, 0.25) is 0 Å². The molecule has 4 heteroatoms. The number of hydrogen-bond donors (Lipinski definition) is 1. The second-order valence-corrected chi connectivity index (χ2v) is 5.22. The molecule has 1 aromatic carbocycles. The number of benzene rings is 1. The molecule has 100 valence electrons. The van der Waals surface area contributed by atoms with Crippen molar-refractivity contribution in [2.75, 3.05) is 7.11 Å². The number of halogens is 2. The topological polar surface area (TPSA) is 35.2 Å². The molecule has 0 saturated heterocycles. The Morgan fingerprint density at radius 1 is 1.39 bits per heavy atom. The largest absolute Gasteiger partial charge is 0.496 e. The van der Waals surface area contributed by atoms with Gasteiger partial charge in [-0.2, -0.15) is 0 Å². The van der Waals surface area contributed by atoms with Crippen LogP contribution in [0.15, 0.2) is 18.2 Å². The van der Waals surface area contributed by atoms with Crippen LogP contribution in [0.5, 0.6) is 5.75 Å². The van der Waals surface area contributed by atoms with E-state index in [-0.39, 0.29) is 17.0 Å². The van der Waals surface area contributed by atoms with E-state index in [2.05, 4.69) is 0 Å². The Kier molecular flexibility index (Phi) is 3.09. The van der Waals surface area contributed by atoms with Gasteiger partial charge in [-0.3, -0.25) is 0 Å². The first-order chi connectivity index (χ1) is 8.33. The maximum Gasteiger partial charge on any atom is 0.270 e. The minimum atomic E-state index is -2.88. The summed E-state index contributed by atoms with van der Waals surface area (Å²) >= 11 is 0. The van der Waals surface area contributed by atoms with Gasteiger partial charge in [0.15, 0.2) is 0 Å². The molecule has 1 aliphatic rings. The molecular formula is C14H19F2NO. The predicted octanol–water partition coefficient (Wildman–Crippen LogP) is 3.19. The summed E-state index contributed by atoms with van der Waals surface area (Å²) in [4.78, 5) is 0. The SMILES string of the molecule is COc1cccc(C(C)(F)F)c1C1(C(C)N)CC1. The summed E-state index contributed by atoms with van der Waals surface area (Å²) in [5, 5.41) is 0. The van der Waals surface area contributed by atoms with Gasteiger partial charge in [0.2, 0.25) is 0 Å². The summed E-state index contributed by atoms with van der Waals surface area (Å²) in [5.41, 5.74) is 6.29. The summed E-state index contributed by atoms with van der Waals surface area (Å²) in [6.07, 6.45) is 1.68. The lowest BCUT2D eigenvalue weighted by Gasteiger charge is -2.27. The normalized spacial score (nSPS) is 19.4. The van der Waals surface area contributed by atoms with Gasteiger partial charge in [-0.1, -0.05) is 12.1 Å². The lowest BCUT2D eigenvalue weighted by molar-refractivity contribution is 0.0156. The third kappa shape index (κ3) is 1.99. The van der Waals surface area contributed by atoms with Crippen LogP contribution in [-0.2, 0) is 11.3 Å². The Morgan fingerprint density at radius 3 is 2.39 bits per heavy atom. The first-order valence-electron chi connectivity index (χ1n) is 6.14. The van der Waals surface area contributed by atoms with Crippen LogP contribution in [-0.4, -0.2) is 13.2 Å². The molecule has 0 spiro atoms. The zero-order valence-electron chi connectivity index (χ0n) is 11.0. The standard InChI is InChI=1S/C14H19F2NO/c1-9(17)14(7-8-14)12-10(13(2,15)16)5-4-6-11(12)18-3/h4-6,9H,7-8,17H2,1-3H3. The molecule has 2 N–H and O–H groups in total. The van der Waals surface area contributed by atoms with Crippen LogP contribution in [0.1, 0.15) is 37.8 Å². The third-order valence-corrected chi connectivity index (χ3v) is 3.88. The van der Waals surface area contributed by atoms with Gasteiger partial charge in [0.25, 0.3) is 5.92 Å². The van der Waals surface area contributed by atoms with Crippen molar-refractivity contribution in [3.63, 3.8) is 0 Å². The fraction of sp³-hybridized carbons (Fsp3) is 0.571. The van der Waals surface area contributed by atoms with Crippen molar-refractivity contribution in [2.24, 2.45) is 5.73 Å². The maximum atomic E-state index is 13.8. The molecule has 0 radical (unpaired) electrons. The minimum Gasteiger partial charge on any atom is -0.496 e. The van der Waals surface area contributed by atoms with Crippen LogP contribution in [0.4, 0.5) is 8.78 Å². The minimum absolute atomic E-state index is 0.0386. The highest BCUT2D eigenvalue weighted by Crippen LogP contribution is 2.56. The molecule has 1 saturated carbocycles. The molecule has 2 nitrogen and oxygen atoms in total. The van der Waals surface area contributed by atoms with Gasteiger partial charge in [0.05, 0.1) is 7.11 Å². The van der Waals surface area contributed by atoms with Crippen LogP contribution >= 0.6 is 0 Å². The highest BCUT2D eigenvalue weighted by atomic mass is 19.3. The van der Waals surface area contributed by atoms with Gasteiger partial charge >= 0.3 is 0 Å². The number of ether oxygens (including phenoxy) is 1. The van der Waals surface area contributed by atoms with E-state index in [0.717, 1.165) is 19.8 Å². The number of rotatable bonds is 4. The zero-order chi connectivity index (χ0) is 13.6. The molecule has 0 heterocycles. The molecule has 1 aliphatic carbocycles. The predicted molar refractivity (Wildman–Crippen MR) is 67.1 cm³/mol. The lowest BCUT2D eigenvalue weighted by atomic mass is 9.83. The van der Waals surface area contributed by atoms with Crippen molar-refractivity contribution >= 4 is 0 Å². The first kappa shape index (κ1) is 13.3. The van der Waals surface area contributed by atoms with E-state index in [4.69, 9.17) is 10.5 Å². The van der Waals surface area contributed by atoms with Crippen molar-refractivity contribution in [1.29, 1.82) is 0 Å². The zero-order valence-corrected chi connectivity index (χ0v) is 11.0. The Bertz CT molecular complexity index is 448. The number of nitrogens with two attached hydrogens (primary N) is 1. The molecule has 0 amide bonds. The Morgan fingerprint density at radius 2 is 2.00 bits per heavy atom. The van der Waals surface area contributed by atoms with Gasteiger partial charge in [-0.15, -0.1) is 0 Å². The summed E-state index contributed by atoms with van der Waals surface area (Å²) in [6.45, 7) is 2.79. The number of alkyl halides is 2. The van der Waals surface area contributed by atoms with Crippen molar-refractivity contribution in [2.45, 2.75) is 44.1 Å². The molecule has 1 fully saturated rings. The van der Waals surface area contributed by atoms with E-state index in [1.807, 2.05) is 6.92 Å². The summed E-state index contributed by atoms with van der Waals surface area (Å²) in [6, 6.07) is 4.65. The Hall–Kier alpha value is -1.16. The summed E-state index contributed by atoms with van der Waals surface area (Å²) in [5.74, 6) is -2.36. The van der Waals surface area contributed by atoms with Crippen LogP contribution in [0.3, 0.4) is 0 Å². The van der Waals surface area contributed by atoms with Gasteiger partial charge < -0.3 is 10.5 Å². The molecule has 0 aliphatic heterocycles. The third-order valence-electron chi connectivity index (χ3n) is 3.88. The van der Waals surface area contributed by atoms with Gasteiger partial charge in [0.1, 0.15) is 5.75 Å². The molecule has 1 atom stereocenters. The van der Waals surface area contributed by atoms with Gasteiger partial charge in [-0.25, -0.2) is 8.78 Å². The Labute approximate surface area is 106 Å². The highest BCUT2D eigenvalue weighted by Gasteiger charge is 2.52. The second kappa shape index (κ2) is 4.19. The van der Waals surface area contributed by atoms with E-state index in [1.54, 1.807) is 12.1 Å². The van der Waals surface area contributed by atoms with E-state index >= 15 is 0 Å². The fourth-order valence-corrected chi connectivity index (χ4v) is 2.65. The molecule has 1 aromatic rings. The van der Waals surface area contributed by atoms with E-state index in [1.165, 1.54) is 13.2 Å². The van der Waals surface area contributed by atoms with Crippen LogP contribution in [0, 0.1) is 0 Å². The lowest BCUT2D eigenvalue weighted by Crippen LogP contribution is -2.34. The fourth-order valence-electron chi connectivity index (χ4n) is 2.65. The van der Waals surface area contributed by atoms with Crippen molar-refractivity contribution in [3.05, 3.63) is 29.3 Å². The van der Waals surface area contributed by atoms with E-state index in [9.17, 15) is 8.78 Å². The summed E-state index contributed by atoms with van der Waals surface area (Å²) < 4.78 is 32.8. The molecule has 1 unspecified atom stereocenters. The highest BCUT2D eigenvalue weighted by molar-refractivity contribution is 5.51. The first-order valence-corrected chi connectivity index (χ1v) is 6.14. The second-order valence-electron chi connectivity index (χ2n) is 5.22. The summed E-state index contributed by atoms with van der Waals surface area (Å²) in [7, 11) is 1.51. The molecular weight excluding hydrogens is 236 g/mol. The number of methoxy groups -OCH3 is 1. The Balaban J connectivity index is 2.63. The van der Waals surface area contributed by atoms with Crippen LogP contribution < -0.4 is 10.5 Å². The average molecular weight is 255 g/mol. The van der Waals surface area contributed by atoms with Crippen LogP contribution in [0.25, 0.3) is 0 Å². The average Bonchev–Trinajstić information content (AvgIpc) is 3.07. The number of hydrogen-bond acceptors (Lipinski definition) is 2. The van der Waals surface area contributed by atoms with E-state index in [0.29, 0.717) is 11.3 Å². The van der Waals surface area contributed by atoms with Crippen molar-refractivity contribution < 1.29 is 13.5 Å². The van der Waals surface area contributed by atoms with E-state index < -0.39 is 5.92 Å². The van der Waals surface area contributed by atoms with Crippen molar-refractivity contribution in [3.8, 4) is 5.75 Å². The monoisotopic (exact) mass is 255 g/mol. The molecule has 2 rings (SSSR count). The quantitative estimate of drug-likeness (QED) is 0.896. The molecule has 0 aromatic heterocycles. The molecule has 18 heavy (non-hydrogen) atoms. The van der Waals surface area contributed by atoms with Gasteiger partial charge in [-0.05, 0) is 25.8 Å². The van der Waals surface area contributed by atoms with Crippen molar-refractivity contribution in [1.82, 2.24) is 0 Å². The smallest absolute Gasteiger partial charge is 0.270 e.